The van der Waals surface area contributed by atoms with Crippen LogP contribution in [0.15, 0.2) is 12.1 Å². The first-order chi connectivity index (χ1) is 7.94. The summed E-state index contributed by atoms with van der Waals surface area (Å²) in [6.45, 7) is 5.29. The van der Waals surface area contributed by atoms with Crippen molar-refractivity contribution in [1.29, 1.82) is 0 Å². The first-order valence-electron chi connectivity index (χ1n) is 5.93. The van der Waals surface area contributed by atoms with Crippen molar-refractivity contribution in [3.8, 4) is 0 Å². The fourth-order valence-electron chi connectivity index (χ4n) is 2.11. The lowest BCUT2D eigenvalue weighted by molar-refractivity contribution is 0.380. The van der Waals surface area contributed by atoms with E-state index in [-0.39, 0.29) is 5.02 Å². The summed E-state index contributed by atoms with van der Waals surface area (Å²) in [6, 6.07) is 2.82. The molecular formula is C13H18ClFN2. The highest BCUT2D eigenvalue weighted by atomic mass is 35.5. The minimum Gasteiger partial charge on any atom is -0.397 e. The first kappa shape index (κ1) is 12.5. The van der Waals surface area contributed by atoms with Crippen molar-refractivity contribution in [2.75, 3.05) is 17.6 Å². The van der Waals surface area contributed by atoms with Crippen LogP contribution in [0, 0.1) is 17.2 Å². The summed E-state index contributed by atoms with van der Waals surface area (Å²) >= 11 is 5.66. The highest BCUT2D eigenvalue weighted by Crippen LogP contribution is 2.51. The van der Waals surface area contributed by atoms with Crippen molar-refractivity contribution in [3.05, 3.63) is 23.0 Å². The van der Waals surface area contributed by atoms with Crippen LogP contribution < -0.4 is 11.1 Å². The Labute approximate surface area is 106 Å². The minimum atomic E-state index is -0.433. The van der Waals surface area contributed by atoms with Crippen molar-refractivity contribution in [2.24, 2.45) is 11.3 Å². The smallest absolute Gasteiger partial charge is 0.143 e. The third kappa shape index (κ3) is 2.49. The molecule has 1 aromatic carbocycles. The number of nitrogens with two attached hydrogens (primary N) is 1. The van der Waals surface area contributed by atoms with Gasteiger partial charge in [-0.3, -0.25) is 0 Å². The van der Waals surface area contributed by atoms with Crippen LogP contribution in [0.2, 0.25) is 5.02 Å². The van der Waals surface area contributed by atoms with Crippen LogP contribution in [0.3, 0.4) is 0 Å². The van der Waals surface area contributed by atoms with E-state index in [1.807, 2.05) is 0 Å². The minimum absolute atomic E-state index is 0.0676. The Morgan fingerprint density at radius 1 is 1.47 bits per heavy atom. The van der Waals surface area contributed by atoms with E-state index in [0.29, 0.717) is 22.7 Å². The molecule has 1 aliphatic rings. The van der Waals surface area contributed by atoms with E-state index in [2.05, 4.69) is 19.2 Å². The average Bonchev–Trinajstić information content (AvgIpc) is 3.02. The molecule has 0 radical (unpaired) electrons. The van der Waals surface area contributed by atoms with Gasteiger partial charge in [0, 0.05) is 12.6 Å². The van der Waals surface area contributed by atoms with Crippen LogP contribution in [-0.2, 0) is 0 Å². The van der Waals surface area contributed by atoms with Crippen LogP contribution >= 0.6 is 11.6 Å². The Morgan fingerprint density at radius 2 is 2.12 bits per heavy atom. The van der Waals surface area contributed by atoms with Crippen LogP contribution in [0.25, 0.3) is 0 Å². The lowest BCUT2D eigenvalue weighted by Crippen LogP contribution is -2.21. The standard InChI is InChI=1S/C13H18ClFN2/c1-8(2)13(3-4-13)7-17-12-6-10(15)9(14)5-11(12)16/h5-6,8,17H,3-4,7,16H2,1-2H3. The second-order valence-corrected chi connectivity index (χ2v) is 5.63. The summed E-state index contributed by atoms with van der Waals surface area (Å²) in [4.78, 5) is 0. The number of rotatable bonds is 4. The summed E-state index contributed by atoms with van der Waals surface area (Å²) < 4.78 is 13.3. The molecule has 4 heteroatoms. The molecule has 0 unspecified atom stereocenters. The Hall–Kier alpha value is -0.960. The van der Waals surface area contributed by atoms with Crippen molar-refractivity contribution >= 4 is 23.0 Å². The SMILES string of the molecule is CC(C)C1(CNc2cc(F)c(Cl)cc2N)CC1. The fraction of sp³-hybridized carbons (Fsp3) is 0.538. The maximum atomic E-state index is 13.3. The van der Waals surface area contributed by atoms with E-state index in [1.54, 1.807) is 0 Å². The summed E-state index contributed by atoms with van der Waals surface area (Å²) in [5, 5.41) is 3.31. The molecular weight excluding hydrogens is 239 g/mol. The van der Waals surface area contributed by atoms with Gasteiger partial charge in [0.15, 0.2) is 0 Å². The third-order valence-electron chi connectivity index (χ3n) is 3.84. The maximum absolute atomic E-state index is 13.3. The number of nitrogen functional groups attached to an aromatic ring is 1. The molecule has 2 rings (SSSR count). The van der Waals surface area contributed by atoms with Crippen molar-refractivity contribution in [1.82, 2.24) is 0 Å². The molecule has 94 valence electrons. The fourth-order valence-corrected chi connectivity index (χ4v) is 2.28. The maximum Gasteiger partial charge on any atom is 0.143 e. The van der Waals surface area contributed by atoms with Gasteiger partial charge in [-0.25, -0.2) is 4.39 Å². The predicted octanol–water partition coefficient (Wildman–Crippen LogP) is 3.91. The Kier molecular flexibility index (Phi) is 3.21. The van der Waals surface area contributed by atoms with Crippen molar-refractivity contribution < 1.29 is 4.39 Å². The van der Waals surface area contributed by atoms with Crippen LogP contribution in [0.5, 0.6) is 0 Å². The molecule has 17 heavy (non-hydrogen) atoms. The zero-order valence-electron chi connectivity index (χ0n) is 10.2. The molecule has 1 fully saturated rings. The molecule has 0 spiro atoms. The largest absolute Gasteiger partial charge is 0.397 e. The van der Waals surface area contributed by atoms with E-state index < -0.39 is 5.82 Å². The van der Waals surface area contributed by atoms with E-state index in [9.17, 15) is 4.39 Å². The molecule has 0 amide bonds. The lowest BCUT2D eigenvalue weighted by Gasteiger charge is -2.21. The zero-order chi connectivity index (χ0) is 12.6. The summed E-state index contributed by atoms with van der Waals surface area (Å²) in [7, 11) is 0. The zero-order valence-corrected chi connectivity index (χ0v) is 10.9. The Balaban J connectivity index is 2.07. The van der Waals surface area contributed by atoms with Gasteiger partial charge in [-0.2, -0.15) is 0 Å². The van der Waals surface area contributed by atoms with Gasteiger partial charge >= 0.3 is 0 Å². The first-order valence-corrected chi connectivity index (χ1v) is 6.31. The topological polar surface area (TPSA) is 38.0 Å². The number of hydrogen-bond donors (Lipinski definition) is 2. The van der Waals surface area contributed by atoms with E-state index in [1.165, 1.54) is 25.0 Å². The molecule has 1 aliphatic carbocycles. The van der Waals surface area contributed by atoms with Crippen molar-refractivity contribution in [2.45, 2.75) is 26.7 Å². The van der Waals surface area contributed by atoms with Gasteiger partial charge in [0.1, 0.15) is 5.82 Å². The number of nitrogens with one attached hydrogen (secondary N) is 1. The Bertz CT molecular complexity index is 428. The Morgan fingerprint density at radius 3 is 2.65 bits per heavy atom. The number of anilines is 2. The monoisotopic (exact) mass is 256 g/mol. The average molecular weight is 257 g/mol. The van der Waals surface area contributed by atoms with Crippen molar-refractivity contribution in [3.63, 3.8) is 0 Å². The molecule has 0 aliphatic heterocycles. The molecule has 1 saturated carbocycles. The summed E-state index contributed by atoms with van der Waals surface area (Å²) in [5.41, 5.74) is 7.30. The van der Waals surface area contributed by atoms with E-state index >= 15 is 0 Å². The van der Waals surface area contributed by atoms with Gasteiger partial charge in [0.25, 0.3) is 0 Å². The second-order valence-electron chi connectivity index (χ2n) is 5.22. The molecule has 0 bridgehead atoms. The van der Waals surface area contributed by atoms with Crippen LogP contribution in [0.1, 0.15) is 26.7 Å². The summed E-state index contributed by atoms with van der Waals surface area (Å²) in [5.74, 6) is 0.200. The molecule has 0 atom stereocenters. The quantitative estimate of drug-likeness (QED) is 0.802. The predicted molar refractivity (Wildman–Crippen MR) is 70.8 cm³/mol. The molecule has 0 aromatic heterocycles. The number of halogens is 2. The molecule has 3 N–H and O–H groups in total. The number of benzene rings is 1. The number of hydrogen-bond acceptors (Lipinski definition) is 2. The van der Waals surface area contributed by atoms with Gasteiger partial charge in [-0.1, -0.05) is 25.4 Å². The summed E-state index contributed by atoms with van der Waals surface area (Å²) in [6.07, 6.45) is 2.46. The molecule has 0 heterocycles. The molecule has 0 saturated heterocycles. The third-order valence-corrected chi connectivity index (χ3v) is 4.13. The lowest BCUT2D eigenvalue weighted by atomic mass is 9.92. The van der Waals surface area contributed by atoms with Gasteiger partial charge < -0.3 is 11.1 Å². The second kappa shape index (κ2) is 4.37. The molecule has 1 aromatic rings. The van der Waals surface area contributed by atoms with E-state index in [4.69, 9.17) is 17.3 Å². The van der Waals surface area contributed by atoms with Crippen LogP contribution in [0.4, 0.5) is 15.8 Å². The highest BCUT2D eigenvalue weighted by molar-refractivity contribution is 6.31. The highest BCUT2D eigenvalue weighted by Gasteiger charge is 2.44. The van der Waals surface area contributed by atoms with E-state index in [0.717, 1.165) is 6.54 Å². The van der Waals surface area contributed by atoms with Gasteiger partial charge in [0.05, 0.1) is 16.4 Å². The molecule has 2 nitrogen and oxygen atoms in total. The normalized spacial score (nSPS) is 17.2. The van der Waals surface area contributed by atoms with Gasteiger partial charge in [-0.05, 0) is 30.2 Å². The van der Waals surface area contributed by atoms with Crippen LogP contribution in [-0.4, -0.2) is 6.54 Å². The van der Waals surface area contributed by atoms with Gasteiger partial charge in [-0.15, -0.1) is 0 Å². The van der Waals surface area contributed by atoms with Gasteiger partial charge in [0.2, 0.25) is 0 Å².